The van der Waals surface area contributed by atoms with Crippen molar-refractivity contribution in [1.82, 2.24) is 14.8 Å². The van der Waals surface area contributed by atoms with E-state index in [0.717, 1.165) is 22.6 Å². The Morgan fingerprint density at radius 3 is 2.65 bits per heavy atom. The number of aromatic nitrogens is 3. The van der Waals surface area contributed by atoms with E-state index in [4.69, 9.17) is 20.8 Å². The minimum Gasteiger partial charge on any atom is -0.496 e. The second-order valence-corrected chi connectivity index (χ2v) is 7.55. The van der Waals surface area contributed by atoms with Crippen molar-refractivity contribution in [1.29, 1.82) is 0 Å². The molecule has 0 aliphatic carbocycles. The van der Waals surface area contributed by atoms with E-state index < -0.39 is 0 Å². The quantitative estimate of drug-likeness (QED) is 0.453. The Balaban J connectivity index is 1.49. The van der Waals surface area contributed by atoms with E-state index in [1.54, 1.807) is 30.3 Å². The highest BCUT2D eigenvalue weighted by molar-refractivity contribution is 6.31. The molecule has 0 aliphatic heterocycles. The molecule has 4 aromatic rings. The Bertz CT molecular complexity index is 1230. The lowest BCUT2D eigenvalue weighted by Crippen LogP contribution is -2.13. The van der Waals surface area contributed by atoms with Gasteiger partial charge >= 0.3 is 0 Å². The van der Waals surface area contributed by atoms with Crippen molar-refractivity contribution >= 4 is 23.2 Å². The summed E-state index contributed by atoms with van der Waals surface area (Å²) in [6.45, 7) is 4.42. The number of oxazole rings is 1. The summed E-state index contributed by atoms with van der Waals surface area (Å²) >= 11 is 6.02. The van der Waals surface area contributed by atoms with E-state index in [1.165, 1.54) is 7.11 Å². The van der Waals surface area contributed by atoms with Gasteiger partial charge in [0.2, 0.25) is 5.89 Å². The van der Waals surface area contributed by atoms with Crippen molar-refractivity contribution in [3.05, 3.63) is 82.5 Å². The highest BCUT2D eigenvalue weighted by Crippen LogP contribution is 2.26. The number of nitrogens with one attached hydrogen (secondary N) is 1. The Labute approximate surface area is 184 Å². The first kappa shape index (κ1) is 20.7. The molecule has 0 radical (unpaired) electrons. The average molecular weight is 437 g/mol. The number of halogens is 1. The van der Waals surface area contributed by atoms with Gasteiger partial charge in [-0.3, -0.25) is 9.48 Å². The maximum Gasteiger partial charge on any atom is 0.259 e. The van der Waals surface area contributed by atoms with Gasteiger partial charge in [0.15, 0.2) is 0 Å². The molecule has 0 saturated heterocycles. The van der Waals surface area contributed by atoms with Crippen LogP contribution in [0.3, 0.4) is 0 Å². The second kappa shape index (κ2) is 8.65. The Morgan fingerprint density at radius 1 is 1.19 bits per heavy atom. The molecular weight excluding hydrogens is 416 g/mol. The van der Waals surface area contributed by atoms with Gasteiger partial charge in [0.05, 0.1) is 25.4 Å². The van der Waals surface area contributed by atoms with Crippen LogP contribution in [0.4, 0.5) is 5.69 Å². The molecule has 2 aromatic carbocycles. The first-order valence-electron chi connectivity index (χ1n) is 9.63. The summed E-state index contributed by atoms with van der Waals surface area (Å²) in [6.07, 6.45) is 3.77. The van der Waals surface area contributed by atoms with Crippen molar-refractivity contribution in [2.24, 2.45) is 0 Å². The van der Waals surface area contributed by atoms with Gasteiger partial charge in [0.1, 0.15) is 17.2 Å². The molecule has 2 heterocycles. The largest absolute Gasteiger partial charge is 0.496 e. The molecule has 0 saturated carbocycles. The van der Waals surface area contributed by atoms with Crippen molar-refractivity contribution in [3.63, 3.8) is 0 Å². The number of carbonyl (C=O) groups excluding carboxylic acids is 1. The summed E-state index contributed by atoms with van der Waals surface area (Å²) in [4.78, 5) is 17.2. The first-order chi connectivity index (χ1) is 14.9. The zero-order valence-electron chi connectivity index (χ0n) is 17.3. The van der Waals surface area contributed by atoms with Crippen molar-refractivity contribution < 1.29 is 13.9 Å². The van der Waals surface area contributed by atoms with E-state index in [0.29, 0.717) is 34.5 Å². The Morgan fingerprint density at radius 2 is 1.97 bits per heavy atom. The topological polar surface area (TPSA) is 82.2 Å². The molecule has 4 rings (SSSR count). The molecule has 1 N–H and O–H groups in total. The van der Waals surface area contributed by atoms with Crippen LogP contribution < -0.4 is 10.1 Å². The smallest absolute Gasteiger partial charge is 0.259 e. The molecule has 0 bridgehead atoms. The van der Waals surface area contributed by atoms with Gasteiger partial charge in [-0.15, -0.1) is 0 Å². The standard InChI is InChI=1S/C23H21ClN4O3/c1-14-11-25-28(12-14)13-20-15(2)31-23(27-20)16-4-7-18(8-5-16)26-22(29)19-10-17(24)6-9-21(19)30-3/h4-12H,13H2,1-3H3,(H,26,29). The molecule has 8 heteroatoms. The van der Waals surface area contributed by atoms with Crippen LogP contribution in [-0.2, 0) is 6.54 Å². The second-order valence-electron chi connectivity index (χ2n) is 7.11. The number of nitrogens with zero attached hydrogens (tertiary/aromatic N) is 3. The molecule has 158 valence electrons. The van der Waals surface area contributed by atoms with Gasteiger partial charge in [-0.05, 0) is 61.9 Å². The van der Waals surface area contributed by atoms with E-state index in [2.05, 4.69) is 15.4 Å². The Kier molecular flexibility index (Phi) is 5.77. The van der Waals surface area contributed by atoms with Gasteiger partial charge in [-0.2, -0.15) is 5.10 Å². The lowest BCUT2D eigenvalue weighted by molar-refractivity contribution is 0.102. The molecular formula is C23H21ClN4O3. The highest BCUT2D eigenvalue weighted by Gasteiger charge is 2.15. The number of aryl methyl sites for hydroxylation is 2. The lowest BCUT2D eigenvalue weighted by Gasteiger charge is -2.10. The van der Waals surface area contributed by atoms with Crippen molar-refractivity contribution in [2.45, 2.75) is 20.4 Å². The first-order valence-corrected chi connectivity index (χ1v) is 10.0. The number of hydrogen-bond donors (Lipinski definition) is 1. The van der Waals surface area contributed by atoms with Crippen LogP contribution in [0, 0.1) is 13.8 Å². The molecule has 0 aliphatic rings. The van der Waals surface area contributed by atoms with Crippen LogP contribution >= 0.6 is 11.6 Å². The molecule has 0 atom stereocenters. The molecule has 1 amide bonds. The number of hydrogen-bond acceptors (Lipinski definition) is 5. The fraction of sp³-hybridized carbons (Fsp3) is 0.174. The number of ether oxygens (including phenoxy) is 1. The van der Waals surface area contributed by atoms with Gasteiger partial charge in [-0.25, -0.2) is 4.98 Å². The summed E-state index contributed by atoms with van der Waals surface area (Å²) in [6, 6.07) is 12.2. The fourth-order valence-electron chi connectivity index (χ4n) is 3.16. The molecule has 2 aromatic heterocycles. The predicted octanol–water partition coefficient (Wildman–Crippen LogP) is 5.12. The normalized spacial score (nSPS) is 10.8. The number of benzene rings is 2. The molecule has 7 nitrogen and oxygen atoms in total. The minimum atomic E-state index is -0.309. The molecule has 0 unspecified atom stereocenters. The Hall–Kier alpha value is -3.58. The number of carbonyl (C=O) groups is 1. The van der Waals surface area contributed by atoms with Gasteiger partial charge in [0.25, 0.3) is 5.91 Å². The van der Waals surface area contributed by atoms with Crippen LogP contribution in [0.5, 0.6) is 5.75 Å². The number of anilines is 1. The summed E-state index contributed by atoms with van der Waals surface area (Å²) in [5.74, 6) is 1.41. The maximum atomic E-state index is 12.6. The summed E-state index contributed by atoms with van der Waals surface area (Å²) < 4.78 is 12.9. The van der Waals surface area contributed by atoms with E-state index in [-0.39, 0.29) is 5.91 Å². The van der Waals surface area contributed by atoms with Crippen LogP contribution in [-0.4, -0.2) is 27.8 Å². The molecule has 0 spiro atoms. The maximum absolute atomic E-state index is 12.6. The van der Waals surface area contributed by atoms with E-state index >= 15 is 0 Å². The predicted molar refractivity (Wildman–Crippen MR) is 119 cm³/mol. The highest BCUT2D eigenvalue weighted by atomic mass is 35.5. The van der Waals surface area contributed by atoms with E-state index in [1.807, 2.05) is 43.1 Å². The van der Waals surface area contributed by atoms with Crippen molar-refractivity contribution in [2.75, 3.05) is 12.4 Å². The van der Waals surface area contributed by atoms with Gasteiger partial charge < -0.3 is 14.5 Å². The third-order valence-corrected chi connectivity index (χ3v) is 5.00. The summed E-state index contributed by atoms with van der Waals surface area (Å²) in [7, 11) is 1.51. The zero-order valence-corrected chi connectivity index (χ0v) is 18.1. The number of rotatable bonds is 6. The third kappa shape index (κ3) is 4.62. The fourth-order valence-corrected chi connectivity index (χ4v) is 3.33. The summed E-state index contributed by atoms with van der Waals surface area (Å²) in [5, 5.41) is 7.60. The minimum absolute atomic E-state index is 0.309. The van der Waals surface area contributed by atoms with Crippen LogP contribution in [0.15, 0.2) is 59.3 Å². The van der Waals surface area contributed by atoms with Crippen molar-refractivity contribution in [3.8, 4) is 17.2 Å². The third-order valence-electron chi connectivity index (χ3n) is 4.76. The molecule has 0 fully saturated rings. The molecule has 31 heavy (non-hydrogen) atoms. The lowest BCUT2D eigenvalue weighted by atomic mass is 10.1. The monoisotopic (exact) mass is 436 g/mol. The van der Waals surface area contributed by atoms with Crippen LogP contribution in [0.1, 0.15) is 27.4 Å². The van der Waals surface area contributed by atoms with E-state index in [9.17, 15) is 4.79 Å². The van der Waals surface area contributed by atoms with Gasteiger partial charge in [-0.1, -0.05) is 11.6 Å². The zero-order chi connectivity index (χ0) is 22.0. The van der Waals surface area contributed by atoms with Crippen LogP contribution in [0.25, 0.3) is 11.5 Å². The van der Waals surface area contributed by atoms with Gasteiger partial charge in [0, 0.05) is 22.5 Å². The average Bonchev–Trinajstić information content (AvgIpc) is 3.34. The van der Waals surface area contributed by atoms with Crippen LogP contribution in [0.2, 0.25) is 5.02 Å². The summed E-state index contributed by atoms with van der Waals surface area (Å²) in [5.41, 5.74) is 3.72. The SMILES string of the molecule is COc1ccc(Cl)cc1C(=O)Nc1ccc(-c2nc(Cn3cc(C)cn3)c(C)o2)cc1. The number of amides is 1. The number of methoxy groups -OCH3 is 1.